The van der Waals surface area contributed by atoms with Crippen molar-refractivity contribution in [3.8, 4) is 5.75 Å². The van der Waals surface area contributed by atoms with Gasteiger partial charge in [-0.25, -0.2) is 8.78 Å². The third-order valence-corrected chi connectivity index (χ3v) is 3.22. The van der Waals surface area contributed by atoms with Crippen molar-refractivity contribution in [2.45, 2.75) is 26.8 Å². The lowest BCUT2D eigenvalue weighted by molar-refractivity contribution is 0.151. The summed E-state index contributed by atoms with van der Waals surface area (Å²) in [4.78, 5) is 0. The number of alkyl halides is 2. The second-order valence-corrected chi connectivity index (χ2v) is 4.81. The van der Waals surface area contributed by atoms with Crippen LogP contribution in [0.25, 0.3) is 0 Å². The van der Waals surface area contributed by atoms with Crippen LogP contribution in [0.3, 0.4) is 0 Å². The lowest BCUT2D eigenvalue weighted by Crippen LogP contribution is -2.02. The Hall–Kier alpha value is -2.10. The summed E-state index contributed by atoms with van der Waals surface area (Å²) >= 11 is 0. The van der Waals surface area contributed by atoms with Gasteiger partial charge in [0.25, 0.3) is 6.43 Å². The van der Waals surface area contributed by atoms with Crippen LogP contribution < -0.4 is 10.1 Å². The lowest BCUT2D eigenvalue weighted by Gasteiger charge is -2.12. The number of hydrogen-bond donors (Lipinski definition) is 1. The molecule has 2 aromatic rings. The molecule has 2 rings (SSSR count). The molecular formula is C17H19F2NO. The molecule has 0 amide bonds. The van der Waals surface area contributed by atoms with E-state index in [1.165, 1.54) is 12.1 Å². The van der Waals surface area contributed by atoms with Gasteiger partial charge in [-0.3, -0.25) is 0 Å². The van der Waals surface area contributed by atoms with Gasteiger partial charge in [-0.2, -0.15) is 0 Å². The fourth-order valence-electron chi connectivity index (χ4n) is 2.07. The Morgan fingerprint density at radius 1 is 1.10 bits per heavy atom. The van der Waals surface area contributed by atoms with Crippen molar-refractivity contribution in [1.82, 2.24) is 0 Å². The monoisotopic (exact) mass is 291 g/mol. The van der Waals surface area contributed by atoms with Crippen molar-refractivity contribution in [3.05, 3.63) is 59.2 Å². The van der Waals surface area contributed by atoms with Gasteiger partial charge in [0.2, 0.25) is 0 Å². The Morgan fingerprint density at radius 3 is 2.38 bits per heavy atom. The van der Waals surface area contributed by atoms with Gasteiger partial charge in [0, 0.05) is 17.8 Å². The maximum absolute atomic E-state index is 12.5. The molecule has 2 nitrogen and oxygen atoms in total. The van der Waals surface area contributed by atoms with Crippen LogP contribution in [-0.2, 0) is 6.54 Å². The minimum Gasteiger partial charge on any atom is -0.494 e. The highest BCUT2D eigenvalue weighted by Gasteiger charge is 2.06. The molecule has 0 aliphatic rings. The first kappa shape index (κ1) is 15.3. The molecule has 0 radical (unpaired) electrons. The first-order valence-electron chi connectivity index (χ1n) is 6.94. The van der Waals surface area contributed by atoms with Crippen molar-refractivity contribution >= 4 is 5.69 Å². The second kappa shape index (κ2) is 7.07. The van der Waals surface area contributed by atoms with Crippen LogP contribution in [0.15, 0.2) is 42.5 Å². The lowest BCUT2D eigenvalue weighted by atomic mass is 10.1. The highest BCUT2D eigenvalue weighted by Crippen LogP contribution is 2.23. The van der Waals surface area contributed by atoms with Gasteiger partial charge in [-0.05, 0) is 43.2 Å². The third kappa shape index (κ3) is 4.18. The van der Waals surface area contributed by atoms with Gasteiger partial charge in [0.15, 0.2) is 0 Å². The summed E-state index contributed by atoms with van der Waals surface area (Å²) in [5.74, 6) is 0.849. The van der Waals surface area contributed by atoms with Gasteiger partial charge in [0.1, 0.15) is 5.75 Å². The van der Waals surface area contributed by atoms with Gasteiger partial charge < -0.3 is 10.1 Å². The van der Waals surface area contributed by atoms with Crippen molar-refractivity contribution < 1.29 is 13.5 Å². The summed E-state index contributed by atoms with van der Waals surface area (Å²) in [7, 11) is 0. The average molecular weight is 291 g/mol. The molecular weight excluding hydrogens is 272 g/mol. The average Bonchev–Trinajstić information content (AvgIpc) is 2.47. The molecule has 21 heavy (non-hydrogen) atoms. The fraction of sp³-hybridized carbons (Fsp3) is 0.294. The molecule has 0 bridgehead atoms. The summed E-state index contributed by atoms with van der Waals surface area (Å²) in [6, 6.07) is 12.2. The summed E-state index contributed by atoms with van der Waals surface area (Å²) in [5, 5.41) is 3.30. The van der Waals surface area contributed by atoms with Gasteiger partial charge >= 0.3 is 0 Å². The van der Waals surface area contributed by atoms with E-state index in [2.05, 4.69) is 5.32 Å². The predicted octanol–water partition coefficient (Wildman–Crippen LogP) is 4.94. The fourth-order valence-corrected chi connectivity index (χ4v) is 2.07. The SMILES string of the molecule is CCOc1ccc(NCc2ccc(C(F)F)cc2)c(C)c1. The Labute approximate surface area is 123 Å². The molecule has 0 aliphatic carbocycles. The zero-order valence-electron chi connectivity index (χ0n) is 12.2. The van der Waals surface area contributed by atoms with Crippen molar-refractivity contribution in [2.24, 2.45) is 0 Å². The maximum atomic E-state index is 12.5. The molecule has 4 heteroatoms. The number of aryl methyl sites for hydroxylation is 1. The van der Waals surface area contributed by atoms with Crippen LogP contribution >= 0.6 is 0 Å². The number of nitrogens with one attached hydrogen (secondary N) is 1. The Bertz CT molecular complexity index is 582. The first-order chi connectivity index (χ1) is 10.1. The zero-order valence-corrected chi connectivity index (χ0v) is 12.2. The van der Waals surface area contributed by atoms with Crippen LogP contribution in [0.1, 0.15) is 30.0 Å². The van der Waals surface area contributed by atoms with E-state index in [-0.39, 0.29) is 5.56 Å². The largest absolute Gasteiger partial charge is 0.494 e. The number of anilines is 1. The number of hydrogen-bond acceptors (Lipinski definition) is 2. The molecule has 112 valence electrons. The summed E-state index contributed by atoms with van der Waals surface area (Å²) in [6.45, 7) is 5.19. The van der Waals surface area contributed by atoms with E-state index in [1.54, 1.807) is 12.1 Å². The molecule has 0 saturated carbocycles. The van der Waals surface area contributed by atoms with E-state index in [9.17, 15) is 8.78 Å². The molecule has 0 unspecified atom stereocenters. The molecule has 0 atom stereocenters. The molecule has 0 aromatic heterocycles. The summed E-state index contributed by atoms with van der Waals surface area (Å²) < 4.78 is 30.4. The molecule has 0 fully saturated rings. The zero-order chi connectivity index (χ0) is 15.2. The Morgan fingerprint density at radius 2 is 1.81 bits per heavy atom. The third-order valence-electron chi connectivity index (χ3n) is 3.22. The smallest absolute Gasteiger partial charge is 0.263 e. The van der Waals surface area contributed by atoms with Crippen molar-refractivity contribution in [1.29, 1.82) is 0 Å². The quantitative estimate of drug-likeness (QED) is 0.813. The van der Waals surface area contributed by atoms with E-state index >= 15 is 0 Å². The van der Waals surface area contributed by atoms with Gasteiger partial charge in [0.05, 0.1) is 6.61 Å². The van der Waals surface area contributed by atoms with Crippen LogP contribution in [0, 0.1) is 6.92 Å². The van der Waals surface area contributed by atoms with Crippen LogP contribution in [-0.4, -0.2) is 6.61 Å². The molecule has 0 heterocycles. The van der Waals surface area contributed by atoms with Gasteiger partial charge in [-0.15, -0.1) is 0 Å². The van der Waals surface area contributed by atoms with Crippen molar-refractivity contribution in [3.63, 3.8) is 0 Å². The highest BCUT2D eigenvalue weighted by molar-refractivity contribution is 5.53. The highest BCUT2D eigenvalue weighted by atomic mass is 19.3. The Balaban J connectivity index is 1.99. The number of halogens is 2. The van der Waals surface area contributed by atoms with E-state index in [0.717, 1.165) is 22.6 Å². The minimum absolute atomic E-state index is 0.0518. The standard InChI is InChI=1S/C17H19F2NO/c1-3-21-15-8-9-16(12(2)10-15)20-11-13-4-6-14(7-5-13)17(18)19/h4-10,17,20H,3,11H2,1-2H3. The number of rotatable bonds is 6. The molecule has 0 saturated heterocycles. The van der Waals surface area contributed by atoms with E-state index in [1.807, 2.05) is 32.0 Å². The molecule has 0 spiro atoms. The first-order valence-corrected chi connectivity index (χ1v) is 6.94. The summed E-state index contributed by atoms with van der Waals surface area (Å²) in [5.41, 5.74) is 3.12. The predicted molar refractivity (Wildman–Crippen MR) is 81.1 cm³/mol. The van der Waals surface area contributed by atoms with Crippen LogP contribution in [0.4, 0.5) is 14.5 Å². The van der Waals surface area contributed by atoms with Crippen molar-refractivity contribution in [2.75, 3.05) is 11.9 Å². The van der Waals surface area contributed by atoms with Crippen LogP contribution in [0.2, 0.25) is 0 Å². The van der Waals surface area contributed by atoms with E-state index in [4.69, 9.17) is 4.74 Å². The number of benzene rings is 2. The normalized spacial score (nSPS) is 10.7. The topological polar surface area (TPSA) is 21.3 Å². The Kier molecular flexibility index (Phi) is 5.14. The van der Waals surface area contributed by atoms with Crippen LogP contribution in [0.5, 0.6) is 5.75 Å². The summed E-state index contributed by atoms with van der Waals surface area (Å²) in [6.07, 6.45) is -2.42. The molecule has 1 N–H and O–H groups in total. The molecule has 2 aromatic carbocycles. The maximum Gasteiger partial charge on any atom is 0.263 e. The van der Waals surface area contributed by atoms with E-state index in [0.29, 0.717) is 13.2 Å². The number of ether oxygens (including phenoxy) is 1. The van der Waals surface area contributed by atoms with Gasteiger partial charge in [-0.1, -0.05) is 24.3 Å². The minimum atomic E-state index is -2.42. The van der Waals surface area contributed by atoms with E-state index < -0.39 is 6.43 Å². The second-order valence-electron chi connectivity index (χ2n) is 4.81. The molecule has 0 aliphatic heterocycles.